The molecule has 0 spiro atoms. The molecule has 0 radical (unpaired) electrons. The smallest absolute Gasteiger partial charge is 0.266 e. The Morgan fingerprint density at radius 1 is 1.00 bits per heavy atom. The third kappa shape index (κ3) is 3.96. The van der Waals surface area contributed by atoms with Crippen molar-refractivity contribution in [3.63, 3.8) is 0 Å². The SMILES string of the molecule is CN(C)c1ccc(NC(=S)Oc2ccccc2)cc1. The summed E-state index contributed by atoms with van der Waals surface area (Å²) in [6.45, 7) is 0. The lowest BCUT2D eigenvalue weighted by Gasteiger charge is -2.13. The lowest BCUT2D eigenvalue weighted by molar-refractivity contribution is 0.563. The number of hydrogen-bond donors (Lipinski definition) is 1. The molecule has 2 rings (SSSR count). The fraction of sp³-hybridized carbons (Fsp3) is 0.133. The van der Waals surface area contributed by atoms with Crippen molar-refractivity contribution in [1.82, 2.24) is 0 Å². The summed E-state index contributed by atoms with van der Waals surface area (Å²) in [5.74, 6) is 0.727. The molecule has 1 N–H and O–H groups in total. The molecule has 2 aromatic carbocycles. The van der Waals surface area contributed by atoms with Crippen LogP contribution in [0, 0.1) is 0 Å². The van der Waals surface area contributed by atoms with Gasteiger partial charge in [-0.15, -0.1) is 0 Å². The Labute approximate surface area is 118 Å². The monoisotopic (exact) mass is 272 g/mol. The highest BCUT2D eigenvalue weighted by Crippen LogP contribution is 2.16. The Balaban J connectivity index is 1.95. The number of nitrogens with zero attached hydrogens (tertiary/aromatic N) is 1. The van der Waals surface area contributed by atoms with Gasteiger partial charge in [-0.1, -0.05) is 18.2 Å². The number of ether oxygens (including phenoxy) is 1. The van der Waals surface area contributed by atoms with Crippen LogP contribution in [0.25, 0.3) is 0 Å². The average Bonchev–Trinajstić information content (AvgIpc) is 2.40. The first-order valence-electron chi connectivity index (χ1n) is 5.96. The van der Waals surface area contributed by atoms with Gasteiger partial charge in [0.05, 0.1) is 0 Å². The molecule has 0 amide bonds. The van der Waals surface area contributed by atoms with Gasteiger partial charge in [-0.25, -0.2) is 0 Å². The van der Waals surface area contributed by atoms with Gasteiger partial charge in [0.25, 0.3) is 5.17 Å². The first kappa shape index (κ1) is 13.4. The zero-order valence-corrected chi connectivity index (χ0v) is 11.8. The Morgan fingerprint density at radius 2 is 1.63 bits per heavy atom. The quantitative estimate of drug-likeness (QED) is 0.864. The van der Waals surface area contributed by atoms with E-state index < -0.39 is 0 Å². The van der Waals surface area contributed by atoms with E-state index in [0.717, 1.165) is 17.1 Å². The summed E-state index contributed by atoms with van der Waals surface area (Å²) in [4.78, 5) is 2.04. The highest BCUT2D eigenvalue weighted by molar-refractivity contribution is 7.80. The molecule has 4 heteroatoms. The number of benzene rings is 2. The molecule has 0 atom stereocenters. The number of para-hydroxylation sites is 1. The van der Waals surface area contributed by atoms with Gasteiger partial charge in [-0.3, -0.25) is 0 Å². The van der Waals surface area contributed by atoms with Crippen LogP contribution in [-0.4, -0.2) is 19.3 Å². The minimum Gasteiger partial charge on any atom is -0.432 e. The maximum Gasteiger partial charge on any atom is 0.266 e. The van der Waals surface area contributed by atoms with Crippen LogP contribution in [0.4, 0.5) is 11.4 Å². The van der Waals surface area contributed by atoms with E-state index in [4.69, 9.17) is 17.0 Å². The third-order valence-electron chi connectivity index (χ3n) is 2.58. The molecule has 0 bridgehead atoms. The van der Waals surface area contributed by atoms with E-state index in [0.29, 0.717) is 5.17 Å². The summed E-state index contributed by atoms with van der Waals surface area (Å²) in [6.07, 6.45) is 0. The Kier molecular flexibility index (Phi) is 4.36. The summed E-state index contributed by atoms with van der Waals surface area (Å²) < 4.78 is 5.51. The maximum absolute atomic E-state index is 5.51. The third-order valence-corrected chi connectivity index (χ3v) is 2.77. The van der Waals surface area contributed by atoms with Gasteiger partial charge in [0.1, 0.15) is 5.75 Å². The van der Waals surface area contributed by atoms with Crippen molar-refractivity contribution in [1.29, 1.82) is 0 Å². The van der Waals surface area contributed by atoms with Crippen molar-refractivity contribution in [3.8, 4) is 5.75 Å². The van der Waals surface area contributed by atoms with E-state index in [-0.39, 0.29) is 0 Å². The molecule has 0 aliphatic carbocycles. The van der Waals surface area contributed by atoms with E-state index in [1.54, 1.807) is 0 Å². The highest BCUT2D eigenvalue weighted by atomic mass is 32.1. The number of thiocarbonyl (C=S) groups is 1. The van der Waals surface area contributed by atoms with Crippen molar-refractivity contribution >= 4 is 28.8 Å². The Bertz CT molecular complexity index is 538. The second-order valence-corrected chi connectivity index (χ2v) is 4.64. The molecule has 19 heavy (non-hydrogen) atoms. The van der Waals surface area contributed by atoms with E-state index in [1.807, 2.05) is 73.6 Å². The van der Waals surface area contributed by atoms with E-state index in [9.17, 15) is 0 Å². The van der Waals surface area contributed by atoms with Gasteiger partial charge >= 0.3 is 0 Å². The summed E-state index contributed by atoms with van der Waals surface area (Å²) in [5.41, 5.74) is 2.05. The van der Waals surface area contributed by atoms with Crippen LogP contribution in [0.5, 0.6) is 5.75 Å². The van der Waals surface area contributed by atoms with Crippen LogP contribution in [0.1, 0.15) is 0 Å². The van der Waals surface area contributed by atoms with Crippen LogP contribution < -0.4 is 15.0 Å². The normalized spacial score (nSPS) is 9.79. The van der Waals surface area contributed by atoms with E-state index >= 15 is 0 Å². The molecule has 2 aromatic rings. The molecule has 0 fully saturated rings. The minimum atomic E-state index is 0.337. The van der Waals surface area contributed by atoms with Gasteiger partial charge in [-0.05, 0) is 48.6 Å². The number of nitrogens with one attached hydrogen (secondary N) is 1. The minimum absolute atomic E-state index is 0.337. The largest absolute Gasteiger partial charge is 0.432 e. The predicted octanol–water partition coefficient (Wildman–Crippen LogP) is 3.53. The molecule has 0 aromatic heterocycles. The molecule has 0 saturated heterocycles. The first-order valence-corrected chi connectivity index (χ1v) is 6.37. The fourth-order valence-electron chi connectivity index (χ4n) is 1.58. The zero-order valence-electron chi connectivity index (χ0n) is 11.0. The topological polar surface area (TPSA) is 24.5 Å². The van der Waals surface area contributed by atoms with Crippen LogP contribution in [0.15, 0.2) is 54.6 Å². The van der Waals surface area contributed by atoms with Crippen LogP contribution >= 0.6 is 12.2 Å². The summed E-state index contributed by atoms with van der Waals surface area (Å²) in [5, 5.41) is 3.38. The molecule has 0 aliphatic heterocycles. The Morgan fingerprint density at radius 3 is 2.21 bits per heavy atom. The molecule has 98 valence electrons. The van der Waals surface area contributed by atoms with E-state index in [2.05, 4.69) is 5.32 Å². The molecule has 0 saturated carbocycles. The standard InChI is InChI=1S/C15H16N2OS/c1-17(2)13-10-8-12(9-11-13)16-15(19)18-14-6-4-3-5-7-14/h3-11H,1-2H3,(H,16,19). The van der Waals surface area contributed by atoms with Gasteiger partial charge < -0.3 is 15.0 Å². The summed E-state index contributed by atoms with van der Waals surface area (Å²) in [6, 6.07) is 17.5. The number of rotatable bonds is 3. The maximum atomic E-state index is 5.51. The van der Waals surface area contributed by atoms with Gasteiger partial charge in [0, 0.05) is 25.5 Å². The van der Waals surface area contributed by atoms with E-state index in [1.165, 1.54) is 0 Å². The summed E-state index contributed by atoms with van der Waals surface area (Å²) >= 11 is 5.16. The predicted molar refractivity (Wildman–Crippen MR) is 84.1 cm³/mol. The zero-order chi connectivity index (χ0) is 13.7. The van der Waals surface area contributed by atoms with Crippen molar-refractivity contribution in [2.45, 2.75) is 0 Å². The molecule has 0 heterocycles. The second-order valence-electron chi connectivity index (χ2n) is 4.27. The second kappa shape index (κ2) is 6.20. The number of anilines is 2. The molecular formula is C15H16N2OS. The molecule has 0 aliphatic rings. The van der Waals surface area contributed by atoms with Crippen molar-refractivity contribution in [3.05, 3.63) is 54.6 Å². The lowest BCUT2D eigenvalue weighted by atomic mass is 10.2. The lowest BCUT2D eigenvalue weighted by Crippen LogP contribution is -2.16. The van der Waals surface area contributed by atoms with Gasteiger partial charge in [0.2, 0.25) is 0 Å². The van der Waals surface area contributed by atoms with Gasteiger partial charge in [0.15, 0.2) is 0 Å². The van der Waals surface area contributed by atoms with Gasteiger partial charge in [-0.2, -0.15) is 0 Å². The van der Waals surface area contributed by atoms with Crippen molar-refractivity contribution < 1.29 is 4.74 Å². The highest BCUT2D eigenvalue weighted by Gasteiger charge is 2.01. The Hall–Kier alpha value is -2.07. The van der Waals surface area contributed by atoms with Crippen molar-refractivity contribution in [2.24, 2.45) is 0 Å². The van der Waals surface area contributed by atoms with Crippen LogP contribution in [0.2, 0.25) is 0 Å². The van der Waals surface area contributed by atoms with Crippen molar-refractivity contribution in [2.75, 3.05) is 24.3 Å². The molecular weight excluding hydrogens is 256 g/mol. The molecule has 3 nitrogen and oxygen atoms in total. The van der Waals surface area contributed by atoms with Crippen LogP contribution in [-0.2, 0) is 0 Å². The first-order chi connectivity index (χ1) is 9.15. The number of hydrogen-bond acceptors (Lipinski definition) is 3. The fourth-order valence-corrected chi connectivity index (χ4v) is 1.80. The summed E-state index contributed by atoms with van der Waals surface area (Å²) in [7, 11) is 4.01. The van der Waals surface area contributed by atoms with Crippen LogP contribution in [0.3, 0.4) is 0 Å². The average molecular weight is 272 g/mol. The molecule has 0 unspecified atom stereocenters.